The van der Waals surface area contributed by atoms with Crippen LogP contribution in [0.5, 0.6) is 5.75 Å². The van der Waals surface area contributed by atoms with Crippen LogP contribution in [0.25, 0.3) is 0 Å². The van der Waals surface area contributed by atoms with Crippen molar-refractivity contribution in [1.82, 2.24) is 0 Å². The topological polar surface area (TPSA) is 69.4 Å². The van der Waals surface area contributed by atoms with Crippen molar-refractivity contribution in [2.75, 3.05) is 12.4 Å². The summed E-state index contributed by atoms with van der Waals surface area (Å²) in [6.45, 7) is 2.13. The summed E-state index contributed by atoms with van der Waals surface area (Å²) in [5, 5.41) is 0. The van der Waals surface area contributed by atoms with Gasteiger partial charge in [-0.15, -0.1) is 0 Å². The van der Waals surface area contributed by atoms with Gasteiger partial charge in [0, 0.05) is 0 Å². The molecule has 2 N–H and O–H groups in total. The standard InChI is InChI=1S/C14H21NO3S/c1-2-19(16,17)13-7-5-12(6-8-13)18-11-14(15)9-3-4-10-14/h5-8H,2-4,9-11,15H2,1H3. The Morgan fingerprint density at radius 2 is 1.79 bits per heavy atom. The van der Waals surface area contributed by atoms with Gasteiger partial charge in [0.2, 0.25) is 0 Å². The molecule has 4 nitrogen and oxygen atoms in total. The number of hydrogen-bond acceptors (Lipinski definition) is 4. The van der Waals surface area contributed by atoms with E-state index in [0.29, 0.717) is 17.3 Å². The van der Waals surface area contributed by atoms with E-state index in [9.17, 15) is 8.42 Å². The van der Waals surface area contributed by atoms with Crippen LogP contribution in [0.1, 0.15) is 32.6 Å². The third-order valence-corrected chi connectivity index (χ3v) is 5.44. The molecule has 0 amide bonds. The van der Waals surface area contributed by atoms with E-state index in [0.717, 1.165) is 25.7 Å². The van der Waals surface area contributed by atoms with E-state index in [-0.39, 0.29) is 11.3 Å². The Labute approximate surface area is 114 Å². The maximum Gasteiger partial charge on any atom is 0.178 e. The third kappa shape index (κ3) is 3.48. The van der Waals surface area contributed by atoms with Crippen LogP contribution in [0, 0.1) is 0 Å². The van der Waals surface area contributed by atoms with Gasteiger partial charge in [-0.3, -0.25) is 0 Å². The van der Waals surface area contributed by atoms with Crippen molar-refractivity contribution in [2.24, 2.45) is 5.73 Å². The molecule has 0 aromatic heterocycles. The number of sulfone groups is 1. The summed E-state index contributed by atoms with van der Waals surface area (Å²) in [6, 6.07) is 6.57. The predicted molar refractivity (Wildman–Crippen MR) is 75.1 cm³/mol. The Kier molecular flexibility index (Phi) is 4.16. The summed E-state index contributed by atoms with van der Waals surface area (Å²) in [5.41, 5.74) is 5.99. The summed E-state index contributed by atoms with van der Waals surface area (Å²) >= 11 is 0. The molecule has 0 atom stereocenters. The predicted octanol–water partition coefficient (Wildman–Crippen LogP) is 2.13. The van der Waals surface area contributed by atoms with Gasteiger partial charge in [0.1, 0.15) is 12.4 Å². The van der Waals surface area contributed by atoms with E-state index in [4.69, 9.17) is 10.5 Å². The van der Waals surface area contributed by atoms with Gasteiger partial charge in [-0.25, -0.2) is 8.42 Å². The smallest absolute Gasteiger partial charge is 0.178 e. The molecule has 0 saturated heterocycles. The molecule has 1 aromatic rings. The highest BCUT2D eigenvalue weighted by Gasteiger charge is 2.30. The summed E-state index contributed by atoms with van der Waals surface area (Å²) < 4.78 is 29.0. The zero-order chi connectivity index (χ0) is 13.9. The van der Waals surface area contributed by atoms with E-state index >= 15 is 0 Å². The highest BCUT2D eigenvalue weighted by molar-refractivity contribution is 7.91. The van der Waals surface area contributed by atoms with Crippen LogP contribution >= 0.6 is 0 Å². The minimum Gasteiger partial charge on any atom is -0.492 e. The zero-order valence-electron chi connectivity index (χ0n) is 11.3. The first kappa shape index (κ1) is 14.3. The van der Waals surface area contributed by atoms with Crippen molar-refractivity contribution in [2.45, 2.75) is 43.0 Å². The molecule has 19 heavy (non-hydrogen) atoms. The van der Waals surface area contributed by atoms with Crippen LogP contribution in [-0.4, -0.2) is 26.3 Å². The lowest BCUT2D eigenvalue weighted by Crippen LogP contribution is -2.42. The van der Waals surface area contributed by atoms with Crippen molar-refractivity contribution >= 4 is 9.84 Å². The Morgan fingerprint density at radius 3 is 2.32 bits per heavy atom. The maximum atomic E-state index is 11.7. The SMILES string of the molecule is CCS(=O)(=O)c1ccc(OCC2(N)CCCC2)cc1. The molecular formula is C14H21NO3S. The van der Waals surface area contributed by atoms with Crippen molar-refractivity contribution in [3.8, 4) is 5.75 Å². The number of rotatable bonds is 5. The van der Waals surface area contributed by atoms with Gasteiger partial charge >= 0.3 is 0 Å². The Morgan fingerprint density at radius 1 is 1.21 bits per heavy atom. The molecule has 0 radical (unpaired) electrons. The number of hydrogen-bond donors (Lipinski definition) is 1. The average molecular weight is 283 g/mol. The maximum absolute atomic E-state index is 11.7. The lowest BCUT2D eigenvalue weighted by Gasteiger charge is -2.23. The lowest BCUT2D eigenvalue weighted by molar-refractivity contribution is 0.220. The van der Waals surface area contributed by atoms with E-state index in [2.05, 4.69) is 0 Å². The Bertz CT molecular complexity index is 516. The molecule has 0 unspecified atom stereocenters. The summed E-state index contributed by atoms with van der Waals surface area (Å²) in [6.07, 6.45) is 4.31. The fourth-order valence-electron chi connectivity index (χ4n) is 2.36. The highest BCUT2D eigenvalue weighted by atomic mass is 32.2. The van der Waals surface area contributed by atoms with E-state index < -0.39 is 9.84 Å². The van der Waals surface area contributed by atoms with Crippen molar-refractivity contribution in [3.63, 3.8) is 0 Å². The van der Waals surface area contributed by atoms with E-state index in [1.165, 1.54) is 0 Å². The molecule has 5 heteroatoms. The minimum atomic E-state index is -3.14. The number of benzene rings is 1. The quantitative estimate of drug-likeness (QED) is 0.898. The normalized spacial score (nSPS) is 18.4. The van der Waals surface area contributed by atoms with Gasteiger partial charge in [0.25, 0.3) is 0 Å². The molecule has 0 heterocycles. The summed E-state index contributed by atoms with van der Waals surface area (Å²) in [5.74, 6) is 0.783. The van der Waals surface area contributed by atoms with E-state index in [1.807, 2.05) is 0 Å². The molecular weight excluding hydrogens is 262 g/mol. The van der Waals surface area contributed by atoms with Crippen molar-refractivity contribution in [3.05, 3.63) is 24.3 Å². The molecule has 1 aliphatic rings. The molecule has 0 aliphatic heterocycles. The average Bonchev–Trinajstić information content (AvgIpc) is 2.84. The molecule has 0 bridgehead atoms. The lowest BCUT2D eigenvalue weighted by atomic mass is 10.0. The molecule has 1 saturated carbocycles. The van der Waals surface area contributed by atoms with Crippen molar-refractivity contribution < 1.29 is 13.2 Å². The molecule has 106 valence electrons. The first-order valence-corrected chi connectivity index (χ1v) is 8.35. The molecule has 1 aromatic carbocycles. The summed E-state index contributed by atoms with van der Waals surface area (Å²) in [4.78, 5) is 0.339. The van der Waals surface area contributed by atoms with Gasteiger partial charge in [0.15, 0.2) is 9.84 Å². The largest absolute Gasteiger partial charge is 0.492 e. The molecule has 1 aliphatic carbocycles. The molecule has 0 spiro atoms. The zero-order valence-corrected chi connectivity index (χ0v) is 12.1. The fraction of sp³-hybridized carbons (Fsp3) is 0.571. The van der Waals surface area contributed by atoms with Crippen molar-refractivity contribution in [1.29, 1.82) is 0 Å². The van der Waals surface area contributed by atoms with Gasteiger partial charge in [-0.2, -0.15) is 0 Å². The second kappa shape index (κ2) is 5.51. The molecule has 2 rings (SSSR count). The first-order valence-electron chi connectivity index (χ1n) is 6.70. The Hall–Kier alpha value is -1.07. The number of nitrogens with two attached hydrogens (primary N) is 1. The van der Waals surface area contributed by atoms with Crippen LogP contribution in [-0.2, 0) is 9.84 Å². The third-order valence-electron chi connectivity index (χ3n) is 3.69. The Balaban J connectivity index is 1.99. The second-order valence-corrected chi connectivity index (χ2v) is 7.51. The first-order chi connectivity index (χ1) is 8.95. The monoisotopic (exact) mass is 283 g/mol. The van der Waals surface area contributed by atoms with Gasteiger partial charge < -0.3 is 10.5 Å². The van der Waals surface area contributed by atoms with Gasteiger partial charge in [-0.05, 0) is 37.1 Å². The van der Waals surface area contributed by atoms with Crippen LogP contribution in [0.15, 0.2) is 29.2 Å². The van der Waals surface area contributed by atoms with Crippen LogP contribution in [0.3, 0.4) is 0 Å². The minimum absolute atomic E-state index is 0.110. The number of ether oxygens (including phenoxy) is 1. The van der Waals surface area contributed by atoms with Crippen LogP contribution < -0.4 is 10.5 Å². The molecule has 1 fully saturated rings. The van der Waals surface area contributed by atoms with Crippen LogP contribution in [0.4, 0.5) is 0 Å². The summed E-state index contributed by atoms with van der Waals surface area (Å²) in [7, 11) is -3.14. The van der Waals surface area contributed by atoms with E-state index in [1.54, 1.807) is 31.2 Å². The van der Waals surface area contributed by atoms with Gasteiger partial charge in [0.05, 0.1) is 16.2 Å². The highest BCUT2D eigenvalue weighted by Crippen LogP contribution is 2.28. The fourth-order valence-corrected chi connectivity index (χ4v) is 3.24. The second-order valence-electron chi connectivity index (χ2n) is 5.23. The van der Waals surface area contributed by atoms with Crippen LogP contribution in [0.2, 0.25) is 0 Å². The van der Waals surface area contributed by atoms with Gasteiger partial charge in [-0.1, -0.05) is 19.8 Å².